The van der Waals surface area contributed by atoms with E-state index in [0.717, 1.165) is 0 Å². The van der Waals surface area contributed by atoms with E-state index in [9.17, 15) is 9.59 Å². The highest BCUT2D eigenvalue weighted by molar-refractivity contribution is 5.84. The minimum atomic E-state index is -0.392. The Hall–Kier alpha value is -1.50. The molecule has 0 spiro atoms. The molecule has 2 fully saturated rings. The summed E-state index contributed by atoms with van der Waals surface area (Å²) >= 11 is 0. The molecule has 1 aliphatic heterocycles. The molecule has 4 atom stereocenters. The number of hydrogen-bond donors (Lipinski definition) is 0. The zero-order valence-electron chi connectivity index (χ0n) is 10.8. The predicted octanol–water partition coefficient (Wildman–Crippen LogP) is 1.53. The van der Waals surface area contributed by atoms with Crippen molar-refractivity contribution in [3.05, 3.63) is 0 Å². The molecule has 0 unspecified atom stereocenters. The minimum absolute atomic E-state index is 0.0959. The largest absolute Gasteiger partial charge is 0.464 e. The highest BCUT2D eigenvalue weighted by Crippen LogP contribution is 2.48. The van der Waals surface area contributed by atoms with Crippen molar-refractivity contribution < 1.29 is 19.1 Å². The summed E-state index contributed by atoms with van der Waals surface area (Å²) < 4.78 is 10.5. The lowest BCUT2D eigenvalue weighted by Gasteiger charge is -2.34. The first-order valence-corrected chi connectivity index (χ1v) is 6.30. The maximum absolute atomic E-state index is 12.0. The Bertz CT molecular complexity index is 409. The Morgan fingerprint density at radius 3 is 3.00 bits per heavy atom. The van der Waals surface area contributed by atoms with Crippen molar-refractivity contribution in [2.45, 2.75) is 38.7 Å². The second-order valence-electron chi connectivity index (χ2n) is 5.51. The van der Waals surface area contributed by atoms with Crippen LogP contribution < -0.4 is 0 Å². The van der Waals surface area contributed by atoms with Crippen molar-refractivity contribution in [2.75, 3.05) is 6.61 Å². The fraction of sp³-hybridized carbons (Fsp3) is 0.714. The van der Waals surface area contributed by atoms with Crippen LogP contribution in [0.1, 0.15) is 33.1 Å². The number of fused-ring (bicyclic) bond motifs is 2. The van der Waals surface area contributed by atoms with Crippen molar-refractivity contribution in [3.8, 4) is 12.3 Å². The smallest absolute Gasteiger partial charge is 0.310 e. The van der Waals surface area contributed by atoms with Crippen LogP contribution in [-0.4, -0.2) is 24.1 Å². The molecule has 2 rings (SSSR count). The van der Waals surface area contributed by atoms with Gasteiger partial charge in [-0.15, -0.1) is 12.3 Å². The van der Waals surface area contributed by atoms with Gasteiger partial charge in [0.05, 0.1) is 11.8 Å². The van der Waals surface area contributed by atoms with Crippen LogP contribution in [0.2, 0.25) is 0 Å². The first-order chi connectivity index (χ1) is 8.47. The molecule has 0 amide bonds. The van der Waals surface area contributed by atoms with Crippen molar-refractivity contribution in [1.82, 2.24) is 0 Å². The van der Waals surface area contributed by atoms with Gasteiger partial charge in [-0.1, -0.05) is 6.92 Å². The molecular weight excluding hydrogens is 232 g/mol. The summed E-state index contributed by atoms with van der Waals surface area (Å²) in [5.74, 6) is 1.20. The molecular formula is C14H18O4. The van der Waals surface area contributed by atoms with Gasteiger partial charge in [-0.2, -0.15) is 0 Å². The first-order valence-electron chi connectivity index (χ1n) is 6.30. The van der Waals surface area contributed by atoms with Crippen molar-refractivity contribution in [3.63, 3.8) is 0 Å². The fourth-order valence-electron chi connectivity index (χ4n) is 3.22. The molecule has 0 aromatic rings. The summed E-state index contributed by atoms with van der Waals surface area (Å²) in [5.41, 5.74) is -0.392. The number of carbonyl (C=O) groups is 2. The molecule has 2 bridgehead atoms. The van der Waals surface area contributed by atoms with E-state index >= 15 is 0 Å². The van der Waals surface area contributed by atoms with E-state index in [2.05, 4.69) is 5.92 Å². The zero-order chi connectivity index (χ0) is 13.3. The SMILES string of the molecule is C#CCCOC(=O)[C@@H]1[C@@H](C)C[C@@]2(C)C[C@H]1C(=O)O2. The number of hydrogen-bond acceptors (Lipinski definition) is 4. The summed E-state index contributed by atoms with van der Waals surface area (Å²) in [4.78, 5) is 23.8. The maximum Gasteiger partial charge on any atom is 0.310 e. The van der Waals surface area contributed by atoms with Crippen LogP contribution in [0.5, 0.6) is 0 Å². The highest BCUT2D eigenvalue weighted by atomic mass is 16.6. The van der Waals surface area contributed by atoms with E-state index in [-0.39, 0.29) is 36.3 Å². The molecule has 4 nitrogen and oxygen atoms in total. The van der Waals surface area contributed by atoms with Gasteiger partial charge in [-0.25, -0.2) is 0 Å². The molecule has 1 heterocycles. The van der Waals surface area contributed by atoms with Gasteiger partial charge in [-0.05, 0) is 19.3 Å². The average Bonchev–Trinajstić information content (AvgIpc) is 2.50. The Labute approximate surface area is 107 Å². The molecule has 0 N–H and O–H groups in total. The van der Waals surface area contributed by atoms with E-state index in [1.807, 2.05) is 13.8 Å². The molecule has 1 aliphatic carbocycles. The van der Waals surface area contributed by atoms with Crippen LogP contribution in [0.15, 0.2) is 0 Å². The molecule has 4 heteroatoms. The quantitative estimate of drug-likeness (QED) is 0.433. The average molecular weight is 250 g/mol. The van der Waals surface area contributed by atoms with Gasteiger partial charge in [0.25, 0.3) is 0 Å². The monoisotopic (exact) mass is 250 g/mol. The number of carbonyl (C=O) groups excluding carboxylic acids is 2. The van der Waals surface area contributed by atoms with E-state index in [1.165, 1.54) is 0 Å². The van der Waals surface area contributed by atoms with Crippen LogP contribution in [0, 0.1) is 30.1 Å². The summed E-state index contributed by atoms with van der Waals surface area (Å²) in [6, 6.07) is 0. The molecule has 0 radical (unpaired) electrons. The van der Waals surface area contributed by atoms with Crippen molar-refractivity contribution in [2.24, 2.45) is 17.8 Å². The maximum atomic E-state index is 12.0. The van der Waals surface area contributed by atoms with Crippen LogP contribution >= 0.6 is 0 Å². The Morgan fingerprint density at radius 2 is 2.33 bits per heavy atom. The van der Waals surface area contributed by atoms with E-state index < -0.39 is 5.60 Å². The molecule has 18 heavy (non-hydrogen) atoms. The molecule has 2 aliphatic rings. The Balaban J connectivity index is 2.06. The minimum Gasteiger partial charge on any atom is -0.464 e. The standard InChI is InChI=1S/C14H18O4/c1-4-5-6-17-13(16)11-9(2)7-14(3)8-10(11)12(15)18-14/h1,9-11H,5-8H2,2-3H3/t9-,10+,11+,14-/m0/s1. The zero-order valence-corrected chi connectivity index (χ0v) is 10.8. The molecule has 1 saturated carbocycles. The third-order valence-electron chi connectivity index (χ3n) is 3.86. The number of terminal acetylenes is 1. The van der Waals surface area contributed by atoms with Crippen LogP contribution in [0.3, 0.4) is 0 Å². The Morgan fingerprint density at radius 1 is 1.61 bits per heavy atom. The number of esters is 2. The lowest BCUT2D eigenvalue weighted by Crippen LogP contribution is -2.40. The normalized spacial score (nSPS) is 37.8. The second kappa shape index (κ2) is 4.64. The topological polar surface area (TPSA) is 52.6 Å². The Kier molecular flexibility index (Phi) is 3.34. The third kappa shape index (κ3) is 2.22. The van der Waals surface area contributed by atoms with Crippen LogP contribution in [0.25, 0.3) is 0 Å². The lowest BCUT2D eigenvalue weighted by molar-refractivity contribution is -0.156. The van der Waals surface area contributed by atoms with Gasteiger partial charge < -0.3 is 9.47 Å². The van der Waals surface area contributed by atoms with Gasteiger partial charge >= 0.3 is 11.9 Å². The van der Waals surface area contributed by atoms with Crippen LogP contribution in [0.4, 0.5) is 0 Å². The molecule has 0 aromatic carbocycles. The van der Waals surface area contributed by atoms with Gasteiger partial charge in [0.2, 0.25) is 0 Å². The van der Waals surface area contributed by atoms with Gasteiger partial charge in [0.1, 0.15) is 12.2 Å². The van der Waals surface area contributed by atoms with Gasteiger partial charge in [-0.3, -0.25) is 9.59 Å². The molecule has 1 saturated heterocycles. The highest BCUT2D eigenvalue weighted by Gasteiger charge is 2.56. The van der Waals surface area contributed by atoms with Crippen molar-refractivity contribution >= 4 is 11.9 Å². The first kappa shape index (κ1) is 12.9. The second-order valence-corrected chi connectivity index (χ2v) is 5.51. The number of ether oxygens (including phenoxy) is 2. The number of rotatable bonds is 3. The summed E-state index contributed by atoms with van der Waals surface area (Å²) in [6.07, 6.45) is 6.84. The van der Waals surface area contributed by atoms with E-state index in [1.54, 1.807) is 0 Å². The van der Waals surface area contributed by atoms with Gasteiger partial charge in [0, 0.05) is 12.8 Å². The summed E-state index contributed by atoms with van der Waals surface area (Å²) in [5, 5.41) is 0. The van der Waals surface area contributed by atoms with Crippen LogP contribution in [-0.2, 0) is 19.1 Å². The van der Waals surface area contributed by atoms with E-state index in [4.69, 9.17) is 15.9 Å². The predicted molar refractivity (Wildman–Crippen MR) is 64.3 cm³/mol. The summed E-state index contributed by atoms with van der Waals surface area (Å²) in [7, 11) is 0. The van der Waals surface area contributed by atoms with E-state index in [0.29, 0.717) is 19.3 Å². The summed E-state index contributed by atoms with van der Waals surface area (Å²) in [6.45, 7) is 4.12. The van der Waals surface area contributed by atoms with Crippen molar-refractivity contribution in [1.29, 1.82) is 0 Å². The molecule has 0 aromatic heterocycles. The fourth-order valence-corrected chi connectivity index (χ4v) is 3.22. The molecule has 98 valence electrons. The lowest BCUT2D eigenvalue weighted by atomic mass is 9.69. The van der Waals surface area contributed by atoms with Gasteiger partial charge in [0.15, 0.2) is 0 Å². The third-order valence-corrected chi connectivity index (χ3v) is 3.86.